The van der Waals surface area contributed by atoms with E-state index in [9.17, 15) is 0 Å². The van der Waals surface area contributed by atoms with Crippen LogP contribution in [0.2, 0.25) is 0 Å². The van der Waals surface area contributed by atoms with Crippen molar-refractivity contribution in [1.29, 1.82) is 0 Å². The van der Waals surface area contributed by atoms with E-state index >= 15 is 0 Å². The van der Waals surface area contributed by atoms with Gasteiger partial charge in [0.2, 0.25) is 0 Å². The first-order valence-electron chi connectivity index (χ1n) is 8.06. The van der Waals surface area contributed by atoms with Crippen LogP contribution in [-0.4, -0.2) is 13.1 Å². The smallest absolute Gasteiger partial charge is 0.0175 e. The van der Waals surface area contributed by atoms with Gasteiger partial charge in [0.25, 0.3) is 0 Å². The van der Waals surface area contributed by atoms with Crippen LogP contribution >= 0.6 is 15.9 Å². The van der Waals surface area contributed by atoms with E-state index < -0.39 is 0 Å². The highest BCUT2D eigenvalue weighted by Crippen LogP contribution is 2.59. The molecule has 1 saturated carbocycles. The summed E-state index contributed by atoms with van der Waals surface area (Å²) in [6.45, 7) is 9.21. The van der Waals surface area contributed by atoms with E-state index in [1.807, 2.05) is 0 Å². The standard InChI is InChI=1S/C18H28BrN/c1-4-11-20-14-18(12-17(5-2,6-3)13-18)15-7-9-16(19)10-8-15/h7-10,20H,4-6,11-14H2,1-3H3. The summed E-state index contributed by atoms with van der Waals surface area (Å²) >= 11 is 3.55. The van der Waals surface area contributed by atoms with Crippen molar-refractivity contribution in [3.8, 4) is 0 Å². The number of hydrogen-bond acceptors (Lipinski definition) is 1. The summed E-state index contributed by atoms with van der Waals surface area (Å²) in [4.78, 5) is 0. The Balaban J connectivity index is 2.16. The van der Waals surface area contributed by atoms with Gasteiger partial charge >= 0.3 is 0 Å². The van der Waals surface area contributed by atoms with E-state index in [-0.39, 0.29) is 0 Å². The molecular weight excluding hydrogens is 310 g/mol. The molecule has 0 saturated heterocycles. The van der Waals surface area contributed by atoms with Crippen LogP contribution in [0.3, 0.4) is 0 Å². The van der Waals surface area contributed by atoms with Gasteiger partial charge in [-0.25, -0.2) is 0 Å². The van der Waals surface area contributed by atoms with Crippen LogP contribution in [0.1, 0.15) is 58.4 Å². The molecule has 1 aromatic carbocycles. The van der Waals surface area contributed by atoms with Crippen LogP contribution in [0.25, 0.3) is 0 Å². The summed E-state index contributed by atoms with van der Waals surface area (Å²) < 4.78 is 1.18. The molecule has 0 radical (unpaired) electrons. The van der Waals surface area contributed by atoms with Gasteiger partial charge in [-0.1, -0.05) is 61.7 Å². The Bertz CT molecular complexity index is 412. The van der Waals surface area contributed by atoms with Crippen LogP contribution in [0.5, 0.6) is 0 Å². The Morgan fingerprint density at radius 1 is 1.05 bits per heavy atom. The van der Waals surface area contributed by atoms with Crippen molar-refractivity contribution in [1.82, 2.24) is 5.32 Å². The van der Waals surface area contributed by atoms with Crippen LogP contribution < -0.4 is 5.32 Å². The minimum absolute atomic E-state index is 0.363. The minimum Gasteiger partial charge on any atom is -0.316 e. The molecule has 1 nitrogen and oxygen atoms in total. The molecule has 0 atom stereocenters. The predicted molar refractivity (Wildman–Crippen MR) is 91.2 cm³/mol. The molecule has 112 valence electrons. The second kappa shape index (κ2) is 6.62. The van der Waals surface area contributed by atoms with Gasteiger partial charge in [-0.05, 0) is 48.9 Å². The fourth-order valence-electron chi connectivity index (χ4n) is 3.87. The molecule has 1 aromatic rings. The molecule has 20 heavy (non-hydrogen) atoms. The van der Waals surface area contributed by atoms with Crippen molar-refractivity contribution >= 4 is 15.9 Å². The van der Waals surface area contributed by atoms with E-state index in [0.29, 0.717) is 10.8 Å². The maximum Gasteiger partial charge on any atom is 0.0175 e. The van der Waals surface area contributed by atoms with Crippen molar-refractivity contribution < 1.29 is 0 Å². The van der Waals surface area contributed by atoms with E-state index in [2.05, 4.69) is 66.3 Å². The first-order chi connectivity index (χ1) is 9.60. The van der Waals surface area contributed by atoms with Gasteiger partial charge in [-0.2, -0.15) is 0 Å². The van der Waals surface area contributed by atoms with Gasteiger partial charge in [0.05, 0.1) is 0 Å². The second-order valence-electron chi connectivity index (χ2n) is 6.52. The molecule has 1 fully saturated rings. The molecule has 1 N–H and O–H groups in total. The SMILES string of the molecule is CCCNCC1(c2ccc(Br)cc2)CC(CC)(CC)C1. The van der Waals surface area contributed by atoms with Crippen LogP contribution in [0, 0.1) is 5.41 Å². The molecule has 0 spiro atoms. The lowest BCUT2D eigenvalue weighted by Gasteiger charge is -2.57. The molecule has 2 heteroatoms. The minimum atomic E-state index is 0.363. The predicted octanol–water partition coefficient (Wildman–Crippen LogP) is 5.29. The number of benzene rings is 1. The average Bonchev–Trinajstić information content (AvgIpc) is 2.43. The summed E-state index contributed by atoms with van der Waals surface area (Å²) in [5.41, 5.74) is 2.46. The zero-order valence-electron chi connectivity index (χ0n) is 13.1. The molecule has 0 heterocycles. The Hall–Kier alpha value is -0.340. The van der Waals surface area contributed by atoms with Gasteiger partial charge < -0.3 is 5.32 Å². The summed E-state index contributed by atoms with van der Waals surface area (Å²) in [6, 6.07) is 9.00. The second-order valence-corrected chi connectivity index (χ2v) is 7.44. The Labute approximate surface area is 132 Å². The van der Waals surface area contributed by atoms with E-state index in [1.54, 1.807) is 0 Å². The van der Waals surface area contributed by atoms with Crippen molar-refractivity contribution in [2.24, 2.45) is 5.41 Å². The first-order valence-corrected chi connectivity index (χ1v) is 8.86. The number of rotatable bonds is 7. The van der Waals surface area contributed by atoms with Crippen molar-refractivity contribution in [2.75, 3.05) is 13.1 Å². The Kier molecular flexibility index (Phi) is 5.30. The fraction of sp³-hybridized carbons (Fsp3) is 0.667. The highest BCUT2D eigenvalue weighted by Gasteiger charge is 2.52. The highest BCUT2D eigenvalue weighted by molar-refractivity contribution is 9.10. The lowest BCUT2D eigenvalue weighted by atomic mass is 9.48. The summed E-state index contributed by atoms with van der Waals surface area (Å²) in [7, 11) is 0. The molecule has 1 aliphatic rings. The zero-order chi connectivity index (χ0) is 14.6. The van der Waals surface area contributed by atoms with Crippen molar-refractivity contribution in [2.45, 2.75) is 58.3 Å². The normalized spacial score (nSPS) is 19.6. The van der Waals surface area contributed by atoms with Crippen LogP contribution in [0.15, 0.2) is 28.7 Å². The van der Waals surface area contributed by atoms with Gasteiger partial charge in [0, 0.05) is 16.4 Å². The van der Waals surface area contributed by atoms with Gasteiger partial charge in [-0.15, -0.1) is 0 Å². The summed E-state index contributed by atoms with van der Waals surface area (Å²) in [6.07, 6.45) is 6.52. The van der Waals surface area contributed by atoms with E-state index in [4.69, 9.17) is 0 Å². The molecule has 0 amide bonds. The third-order valence-corrected chi connectivity index (χ3v) is 5.80. The monoisotopic (exact) mass is 337 g/mol. The third kappa shape index (κ3) is 3.12. The zero-order valence-corrected chi connectivity index (χ0v) is 14.7. The van der Waals surface area contributed by atoms with Crippen LogP contribution in [0.4, 0.5) is 0 Å². The van der Waals surface area contributed by atoms with Gasteiger partial charge in [0.1, 0.15) is 0 Å². The maximum absolute atomic E-state index is 3.67. The topological polar surface area (TPSA) is 12.0 Å². The molecule has 0 aliphatic heterocycles. The molecule has 0 aromatic heterocycles. The maximum atomic E-state index is 3.67. The molecule has 2 rings (SSSR count). The van der Waals surface area contributed by atoms with Crippen molar-refractivity contribution in [3.63, 3.8) is 0 Å². The first kappa shape index (κ1) is 16.0. The highest BCUT2D eigenvalue weighted by atomic mass is 79.9. The van der Waals surface area contributed by atoms with Gasteiger partial charge in [0.15, 0.2) is 0 Å². The average molecular weight is 338 g/mol. The van der Waals surface area contributed by atoms with E-state index in [0.717, 1.165) is 13.1 Å². The Morgan fingerprint density at radius 2 is 1.65 bits per heavy atom. The largest absolute Gasteiger partial charge is 0.316 e. The number of hydrogen-bond donors (Lipinski definition) is 1. The Morgan fingerprint density at radius 3 is 2.15 bits per heavy atom. The molecule has 0 bridgehead atoms. The van der Waals surface area contributed by atoms with Gasteiger partial charge in [-0.3, -0.25) is 0 Å². The fourth-order valence-corrected chi connectivity index (χ4v) is 4.14. The quantitative estimate of drug-likeness (QED) is 0.667. The lowest BCUT2D eigenvalue weighted by molar-refractivity contribution is 0.0130. The van der Waals surface area contributed by atoms with Crippen LogP contribution in [-0.2, 0) is 5.41 Å². The summed E-state index contributed by atoms with van der Waals surface area (Å²) in [5, 5.41) is 3.67. The number of nitrogens with one attached hydrogen (secondary N) is 1. The third-order valence-electron chi connectivity index (χ3n) is 5.27. The lowest BCUT2D eigenvalue weighted by Crippen LogP contribution is -2.54. The van der Waals surface area contributed by atoms with Crippen molar-refractivity contribution in [3.05, 3.63) is 34.3 Å². The summed E-state index contributed by atoms with van der Waals surface area (Å²) in [5.74, 6) is 0. The van der Waals surface area contributed by atoms with E-state index in [1.165, 1.54) is 42.1 Å². The molecule has 0 unspecified atom stereocenters. The molecular formula is C18H28BrN. The molecule has 1 aliphatic carbocycles. The number of halogens is 1.